The first-order valence-electron chi connectivity index (χ1n) is 8.96. The van der Waals surface area contributed by atoms with E-state index < -0.39 is 5.92 Å². The van der Waals surface area contributed by atoms with Crippen LogP contribution in [0.25, 0.3) is 16.7 Å². The van der Waals surface area contributed by atoms with Gasteiger partial charge in [0.25, 0.3) is 0 Å². The van der Waals surface area contributed by atoms with Gasteiger partial charge in [-0.3, -0.25) is 9.36 Å². The zero-order chi connectivity index (χ0) is 19.5. The van der Waals surface area contributed by atoms with Gasteiger partial charge in [0.05, 0.1) is 19.7 Å². The molecule has 0 spiro atoms. The summed E-state index contributed by atoms with van der Waals surface area (Å²) in [6, 6.07) is 23.2. The minimum absolute atomic E-state index is 0.321. The van der Waals surface area contributed by atoms with Crippen LogP contribution in [0.1, 0.15) is 17.2 Å². The van der Waals surface area contributed by atoms with Crippen molar-refractivity contribution in [2.24, 2.45) is 0 Å². The molecular weight excluding hydrogens is 352 g/mol. The molecule has 2 aromatic carbocycles. The van der Waals surface area contributed by atoms with Crippen molar-refractivity contribution >= 4 is 16.9 Å². The predicted molar refractivity (Wildman–Crippen MR) is 108 cm³/mol. The van der Waals surface area contributed by atoms with E-state index in [4.69, 9.17) is 9.47 Å². The summed E-state index contributed by atoms with van der Waals surface area (Å²) >= 11 is 0. The average Bonchev–Trinajstić information content (AvgIpc) is 3.13. The quantitative estimate of drug-likeness (QED) is 0.489. The highest BCUT2D eigenvalue weighted by molar-refractivity contribution is 5.89. The summed E-state index contributed by atoms with van der Waals surface area (Å²) in [6.45, 7) is 0. The second kappa shape index (κ2) is 7.56. The molecule has 1 atom stereocenters. The number of nitrogens with zero attached hydrogens (tertiary/aromatic N) is 2. The minimum atomic E-state index is -0.577. The van der Waals surface area contributed by atoms with Crippen LogP contribution in [0.2, 0.25) is 0 Å². The number of methoxy groups -OCH3 is 2. The van der Waals surface area contributed by atoms with Crippen LogP contribution < -0.4 is 4.74 Å². The maximum absolute atomic E-state index is 12.8. The van der Waals surface area contributed by atoms with Crippen molar-refractivity contribution in [3.8, 4) is 11.6 Å². The van der Waals surface area contributed by atoms with E-state index in [1.807, 2.05) is 77.4 Å². The Bertz CT molecular complexity index is 1100. The first-order chi connectivity index (χ1) is 13.7. The lowest BCUT2D eigenvalue weighted by molar-refractivity contribution is -0.141. The zero-order valence-electron chi connectivity index (χ0n) is 15.7. The average molecular weight is 372 g/mol. The van der Waals surface area contributed by atoms with Crippen LogP contribution in [-0.2, 0) is 9.53 Å². The van der Waals surface area contributed by atoms with Gasteiger partial charge in [-0.05, 0) is 42.0 Å². The lowest BCUT2D eigenvalue weighted by Gasteiger charge is -2.18. The van der Waals surface area contributed by atoms with Crippen LogP contribution >= 0.6 is 0 Å². The van der Waals surface area contributed by atoms with Gasteiger partial charge in [0.15, 0.2) is 0 Å². The van der Waals surface area contributed by atoms with E-state index in [1.54, 1.807) is 13.3 Å². The highest BCUT2D eigenvalue weighted by Gasteiger charge is 2.28. The maximum atomic E-state index is 12.8. The van der Waals surface area contributed by atoms with Crippen molar-refractivity contribution < 1.29 is 14.3 Å². The number of ether oxygens (including phenoxy) is 2. The third kappa shape index (κ3) is 3.11. The molecule has 0 aliphatic rings. The minimum Gasteiger partial charge on any atom is -0.497 e. The van der Waals surface area contributed by atoms with Gasteiger partial charge in [0.1, 0.15) is 17.5 Å². The Labute approximate surface area is 163 Å². The van der Waals surface area contributed by atoms with Crippen LogP contribution in [0.15, 0.2) is 79.0 Å². The zero-order valence-corrected chi connectivity index (χ0v) is 15.7. The van der Waals surface area contributed by atoms with Gasteiger partial charge >= 0.3 is 5.97 Å². The van der Waals surface area contributed by atoms with E-state index in [-0.39, 0.29) is 5.97 Å². The normalized spacial score (nSPS) is 11.9. The van der Waals surface area contributed by atoms with E-state index in [1.165, 1.54) is 7.11 Å². The fourth-order valence-electron chi connectivity index (χ4n) is 3.49. The largest absolute Gasteiger partial charge is 0.497 e. The van der Waals surface area contributed by atoms with Crippen LogP contribution in [0.5, 0.6) is 5.75 Å². The molecule has 2 aromatic heterocycles. The number of hydrogen-bond donors (Lipinski definition) is 0. The summed E-state index contributed by atoms with van der Waals surface area (Å²) in [6.07, 6.45) is 1.74. The van der Waals surface area contributed by atoms with Crippen molar-refractivity contribution in [2.45, 2.75) is 5.92 Å². The molecule has 140 valence electrons. The summed E-state index contributed by atoms with van der Waals surface area (Å²) in [5.41, 5.74) is 2.60. The van der Waals surface area contributed by atoms with Crippen molar-refractivity contribution in [2.75, 3.05) is 14.2 Å². The van der Waals surface area contributed by atoms with Crippen LogP contribution in [-0.4, -0.2) is 29.7 Å². The number of carbonyl (C=O) groups excluding carboxylic acids is 1. The van der Waals surface area contributed by atoms with Crippen molar-refractivity contribution in [3.63, 3.8) is 0 Å². The molecule has 0 bridgehead atoms. The number of hydrogen-bond acceptors (Lipinski definition) is 4. The maximum Gasteiger partial charge on any atom is 0.319 e. The molecule has 0 unspecified atom stereocenters. The SMILES string of the molecule is COC(=O)[C@H](c1ccccc1)c1cc2cc(OC)ccc2n1-c1ccccn1. The van der Waals surface area contributed by atoms with E-state index in [0.29, 0.717) is 0 Å². The summed E-state index contributed by atoms with van der Waals surface area (Å²) in [5, 5.41) is 0.963. The Hall–Kier alpha value is -3.60. The Morgan fingerprint density at radius 1 is 0.964 bits per heavy atom. The Morgan fingerprint density at radius 2 is 1.75 bits per heavy atom. The number of esters is 1. The summed E-state index contributed by atoms with van der Waals surface area (Å²) in [4.78, 5) is 17.3. The fourth-order valence-corrected chi connectivity index (χ4v) is 3.49. The molecule has 4 rings (SSSR count). The second-order valence-electron chi connectivity index (χ2n) is 6.38. The number of pyridine rings is 1. The highest BCUT2D eigenvalue weighted by Crippen LogP contribution is 2.34. The first kappa shape index (κ1) is 17.8. The Balaban J connectivity index is 2.02. The molecule has 28 heavy (non-hydrogen) atoms. The van der Waals surface area contributed by atoms with Gasteiger partial charge in [0, 0.05) is 17.3 Å². The van der Waals surface area contributed by atoms with E-state index >= 15 is 0 Å². The summed E-state index contributed by atoms with van der Waals surface area (Å²) in [7, 11) is 3.05. The summed E-state index contributed by atoms with van der Waals surface area (Å²) in [5.74, 6) is 0.596. The smallest absolute Gasteiger partial charge is 0.319 e. The summed E-state index contributed by atoms with van der Waals surface area (Å²) < 4.78 is 12.5. The van der Waals surface area contributed by atoms with Gasteiger partial charge in [-0.1, -0.05) is 36.4 Å². The van der Waals surface area contributed by atoms with Crippen molar-refractivity contribution in [1.82, 2.24) is 9.55 Å². The van der Waals surface area contributed by atoms with Crippen LogP contribution in [0.3, 0.4) is 0 Å². The number of aromatic nitrogens is 2. The van der Waals surface area contributed by atoms with Crippen LogP contribution in [0, 0.1) is 0 Å². The van der Waals surface area contributed by atoms with Crippen LogP contribution in [0.4, 0.5) is 0 Å². The highest BCUT2D eigenvalue weighted by atomic mass is 16.5. The number of rotatable bonds is 5. The molecule has 0 saturated heterocycles. The molecule has 0 fully saturated rings. The Kier molecular flexibility index (Phi) is 4.81. The number of fused-ring (bicyclic) bond motifs is 1. The van der Waals surface area contributed by atoms with E-state index in [9.17, 15) is 4.79 Å². The lowest BCUT2D eigenvalue weighted by atomic mass is 9.95. The molecule has 0 aliphatic carbocycles. The number of carbonyl (C=O) groups is 1. The molecule has 5 nitrogen and oxygen atoms in total. The second-order valence-corrected chi connectivity index (χ2v) is 6.38. The number of benzene rings is 2. The van der Waals surface area contributed by atoms with E-state index in [2.05, 4.69) is 4.98 Å². The third-order valence-electron chi connectivity index (χ3n) is 4.78. The van der Waals surface area contributed by atoms with Gasteiger partial charge in [-0.2, -0.15) is 0 Å². The van der Waals surface area contributed by atoms with Gasteiger partial charge in [0.2, 0.25) is 0 Å². The first-order valence-corrected chi connectivity index (χ1v) is 8.96. The van der Waals surface area contributed by atoms with Gasteiger partial charge in [-0.15, -0.1) is 0 Å². The predicted octanol–water partition coefficient (Wildman–Crippen LogP) is 4.34. The molecule has 0 radical (unpaired) electrons. The topological polar surface area (TPSA) is 53.4 Å². The van der Waals surface area contributed by atoms with Crippen molar-refractivity contribution in [1.29, 1.82) is 0 Å². The molecule has 0 aliphatic heterocycles. The molecule has 5 heteroatoms. The molecule has 2 heterocycles. The fraction of sp³-hybridized carbons (Fsp3) is 0.130. The lowest BCUT2D eigenvalue weighted by Crippen LogP contribution is -2.19. The van der Waals surface area contributed by atoms with Gasteiger partial charge < -0.3 is 9.47 Å². The molecular formula is C23H20N2O3. The molecule has 0 amide bonds. The third-order valence-corrected chi connectivity index (χ3v) is 4.78. The van der Waals surface area contributed by atoms with E-state index in [0.717, 1.165) is 33.7 Å². The Morgan fingerprint density at radius 3 is 2.43 bits per heavy atom. The van der Waals surface area contributed by atoms with Gasteiger partial charge in [-0.25, -0.2) is 4.98 Å². The molecule has 0 N–H and O–H groups in total. The monoisotopic (exact) mass is 372 g/mol. The standard InChI is InChI=1S/C23H20N2O3/c1-27-18-11-12-19-17(14-18)15-20(25(19)21-10-6-7-13-24-21)22(23(26)28-2)16-8-4-3-5-9-16/h3-15,22H,1-2H3/t22-/m1/s1. The molecule has 0 saturated carbocycles. The molecule has 4 aromatic rings. The van der Waals surface area contributed by atoms with Crippen molar-refractivity contribution in [3.05, 3.63) is 90.3 Å².